The average molecular weight is 591 g/mol. The third kappa shape index (κ3) is 5.79. The second kappa shape index (κ2) is 12.5. The second-order valence-corrected chi connectivity index (χ2v) is 12.1. The van der Waals surface area contributed by atoms with Crippen molar-refractivity contribution in [2.45, 2.75) is 50.5 Å². The Bertz CT molecular complexity index is 1440. The lowest BCUT2D eigenvalue weighted by Gasteiger charge is -2.44. The van der Waals surface area contributed by atoms with Gasteiger partial charge in [-0.2, -0.15) is 0 Å². The van der Waals surface area contributed by atoms with Gasteiger partial charge in [0.25, 0.3) is 0 Å². The minimum atomic E-state index is -0.551. The Morgan fingerprint density at radius 2 is 1.86 bits per heavy atom. The van der Waals surface area contributed by atoms with Crippen LogP contribution in [0.25, 0.3) is 10.9 Å². The molecule has 1 aliphatic carbocycles. The summed E-state index contributed by atoms with van der Waals surface area (Å²) in [6.07, 6.45) is 4.93. The highest BCUT2D eigenvalue weighted by Gasteiger charge is 2.47. The van der Waals surface area contributed by atoms with Crippen LogP contribution in [0.15, 0.2) is 48.5 Å². The molecule has 0 atom stereocenters. The molecule has 3 aliphatic rings. The van der Waals surface area contributed by atoms with E-state index in [4.69, 9.17) is 26.1 Å². The lowest BCUT2D eigenvalue weighted by molar-refractivity contribution is -0.141. The number of benzene rings is 2. The molecular weight excluding hydrogens is 552 g/mol. The number of pyridine rings is 1. The summed E-state index contributed by atoms with van der Waals surface area (Å²) in [7, 11) is 1.66. The van der Waals surface area contributed by atoms with Crippen LogP contribution in [0.4, 0.5) is 5.82 Å². The van der Waals surface area contributed by atoms with Crippen LogP contribution in [0.2, 0.25) is 5.02 Å². The molecule has 222 valence electrons. The third-order valence-electron chi connectivity index (χ3n) is 9.08. The Hall–Kier alpha value is -3.36. The largest absolute Gasteiger partial charge is 0.497 e. The van der Waals surface area contributed by atoms with E-state index in [0.717, 1.165) is 85.3 Å². The molecule has 0 spiro atoms. The van der Waals surface area contributed by atoms with Gasteiger partial charge in [-0.05, 0) is 61.6 Å². The first-order valence-electron chi connectivity index (χ1n) is 15.1. The minimum Gasteiger partial charge on any atom is -0.497 e. The highest BCUT2D eigenvalue weighted by Crippen LogP contribution is 2.46. The zero-order valence-electron chi connectivity index (χ0n) is 24.3. The van der Waals surface area contributed by atoms with Gasteiger partial charge in [0.2, 0.25) is 11.8 Å². The standard InChI is InChI=1S/C33H39ClN4O4/c1-41-28-11-6-24-21-25(31(35-29(24)22-28)37-17-19-42-20-18-37)23-38(16-4-15-36-14-2-5-30(36)39)32(40)33(12-3-13-33)26-7-9-27(34)10-8-26/h6-11,21-22H,2-5,12-20,23H2,1H3. The molecule has 0 unspecified atom stereocenters. The molecule has 42 heavy (non-hydrogen) atoms. The molecule has 3 heterocycles. The van der Waals surface area contributed by atoms with Crippen LogP contribution in [0.3, 0.4) is 0 Å². The van der Waals surface area contributed by atoms with Crippen LogP contribution in [0.5, 0.6) is 5.75 Å². The zero-order valence-corrected chi connectivity index (χ0v) is 25.1. The monoisotopic (exact) mass is 590 g/mol. The number of halogens is 1. The van der Waals surface area contributed by atoms with Gasteiger partial charge >= 0.3 is 0 Å². The number of carbonyl (C=O) groups is 2. The van der Waals surface area contributed by atoms with Crippen molar-refractivity contribution in [3.05, 3.63) is 64.7 Å². The lowest BCUT2D eigenvalue weighted by atomic mass is 9.63. The van der Waals surface area contributed by atoms with Crippen molar-refractivity contribution in [1.82, 2.24) is 14.8 Å². The van der Waals surface area contributed by atoms with Gasteiger partial charge in [-0.15, -0.1) is 0 Å². The van der Waals surface area contributed by atoms with Gasteiger partial charge < -0.3 is 24.2 Å². The number of methoxy groups -OCH3 is 1. The average Bonchev–Trinajstić information content (AvgIpc) is 3.41. The number of aromatic nitrogens is 1. The van der Waals surface area contributed by atoms with Gasteiger partial charge in [-0.1, -0.05) is 30.2 Å². The number of carbonyl (C=O) groups excluding carboxylic acids is 2. The van der Waals surface area contributed by atoms with Crippen molar-refractivity contribution in [1.29, 1.82) is 0 Å². The van der Waals surface area contributed by atoms with Crippen LogP contribution in [-0.4, -0.2) is 79.6 Å². The molecule has 1 saturated carbocycles. The van der Waals surface area contributed by atoms with E-state index in [-0.39, 0.29) is 11.8 Å². The molecule has 9 heteroatoms. The first-order valence-corrected chi connectivity index (χ1v) is 15.5. The summed E-state index contributed by atoms with van der Waals surface area (Å²) in [5, 5.41) is 1.68. The topological polar surface area (TPSA) is 75.2 Å². The fourth-order valence-corrected chi connectivity index (χ4v) is 6.68. The van der Waals surface area contributed by atoms with E-state index in [2.05, 4.69) is 11.0 Å². The van der Waals surface area contributed by atoms with E-state index in [1.54, 1.807) is 7.11 Å². The first-order chi connectivity index (χ1) is 20.5. The fraction of sp³-hybridized carbons (Fsp3) is 0.485. The normalized spacial score (nSPS) is 18.3. The third-order valence-corrected chi connectivity index (χ3v) is 9.33. The molecule has 6 rings (SSSR count). The number of likely N-dealkylation sites (tertiary alicyclic amines) is 1. The van der Waals surface area contributed by atoms with E-state index < -0.39 is 5.41 Å². The summed E-state index contributed by atoms with van der Waals surface area (Å²) in [5.41, 5.74) is 2.36. The molecule has 0 radical (unpaired) electrons. The SMILES string of the molecule is COc1ccc2cc(CN(CCCN3CCCC3=O)C(=O)C3(c4ccc(Cl)cc4)CCC3)c(N3CCOCC3)nc2c1. The number of amides is 2. The van der Waals surface area contributed by atoms with Crippen molar-refractivity contribution in [3.63, 3.8) is 0 Å². The maximum Gasteiger partial charge on any atom is 0.233 e. The molecule has 0 bridgehead atoms. The van der Waals surface area contributed by atoms with Crippen molar-refractivity contribution in [3.8, 4) is 5.75 Å². The van der Waals surface area contributed by atoms with Crippen molar-refractivity contribution in [2.75, 3.05) is 57.9 Å². The molecule has 2 aromatic carbocycles. The van der Waals surface area contributed by atoms with Gasteiger partial charge in [-0.3, -0.25) is 9.59 Å². The Morgan fingerprint density at radius 3 is 2.52 bits per heavy atom. The van der Waals surface area contributed by atoms with E-state index >= 15 is 0 Å². The van der Waals surface area contributed by atoms with Gasteiger partial charge in [0.1, 0.15) is 11.6 Å². The summed E-state index contributed by atoms with van der Waals surface area (Å²) in [6.45, 7) is 5.27. The number of anilines is 1. The minimum absolute atomic E-state index is 0.145. The number of fused-ring (bicyclic) bond motifs is 1. The Labute approximate surface area is 252 Å². The zero-order chi connectivity index (χ0) is 29.1. The number of hydrogen-bond acceptors (Lipinski definition) is 6. The molecule has 3 aromatic rings. The van der Waals surface area contributed by atoms with Crippen LogP contribution in [0.1, 0.15) is 49.7 Å². The molecule has 3 fully saturated rings. The second-order valence-electron chi connectivity index (χ2n) is 11.6. The molecular formula is C33H39ClN4O4. The number of nitrogens with zero attached hydrogens (tertiary/aromatic N) is 4. The van der Waals surface area contributed by atoms with Crippen molar-refractivity contribution < 1.29 is 19.1 Å². The van der Waals surface area contributed by atoms with Gasteiger partial charge in [-0.25, -0.2) is 4.98 Å². The Kier molecular flexibility index (Phi) is 8.54. The maximum atomic E-state index is 14.6. The number of ether oxygens (including phenoxy) is 2. The van der Waals surface area contributed by atoms with Crippen molar-refractivity contribution in [2.24, 2.45) is 0 Å². The number of rotatable bonds is 10. The van der Waals surface area contributed by atoms with E-state index in [1.807, 2.05) is 52.3 Å². The smallest absolute Gasteiger partial charge is 0.233 e. The molecule has 8 nitrogen and oxygen atoms in total. The number of hydrogen-bond donors (Lipinski definition) is 0. The molecule has 1 aromatic heterocycles. The quantitative estimate of drug-likeness (QED) is 0.323. The predicted octanol–water partition coefficient (Wildman–Crippen LogP) is 5.20. The van der Waals surface area contributed by atoms with Crippen molar-refractivity contribution >= 4 is 40.1 Å². The summed E-state index contributed by atoms with van der Waals surface area (Å²) in [5.74, 6) is 2.01. The Morgan fingerprint density at radius 1 is 1.07 bits per heavy atom. The molecule has 0 N–H and O–H groups in total. The van der Waals surface area contributed by atoms with E-state index in [9.17, 15) is 9.59 Å². The van der Waals surface area contributed by atoms with Crippen LogP contribution in [0, 0.1) is 0 Å². The number of morpholine rings is 1. The predicted molar refractivity (Wildman–Crippen MR) is 164 cm³/mol. The van der Waals surface area contributed by atoms with Gasteiger partial charge in [0.15, 0.2) is 0 Å². The fourth-order valence-electron chi connectivity index (χ4n) is 6.55. The molecule has 2 amide bonds. The highest BCUT2D eigenvalue weighted by molar-refractivity contribution is 6.30. The van der Waals surface area contributed by atoms with E-state index in [1.165, 1.54) is 0 Å². The van der Waals surface area contributed by atoms with Crippen LogP contribution in [-0.2, 0) is 26.3 Å². The molecule has 2 aliphatic heterocycles. The summed E-state index contributed by atoms with van der Waals surface area (Å²) < 4.78 is 11.1. The van der Waals surface area contributed by atoms with Crippen LogP contribution >= 0.6 is 11.6 Å². The summed E-state index contributed by atoms with van der Waals surface area (Å²) in [6, 6.07) is 15.9. The molecule has 2 saturated heterocycles. The van der Waals surface area contributed by atoms with Gasteiger partial charge in [0, 0.05) is 67.7 Å². The summed E-state index contributed by atoms with van der Waals surface area (Å²) in [4.78, 5) is 38.2. The Balaban J connectivity index is 1.35. The first kappa shape index (κ1) is 28.7. The highest BCUT2D eigenvalue weighted by atomic mass is 35.5. The van der Waals surface area contributed by atoms with Crippen LogP contribution < -0.4 is 9.64 Å². The van der Waals surface area contributed by atoms with Gasteiger partial charge in [0.05, 0.1) is 31.3 Å². The maximum absolute atomic E-state index is 14.6. The lowest BCUT2D eigenvalue weighted by Crippen LogP contribution is -2.51. The van der Waals surface area contributed by atoms with E-state index in [0.29, 0.717) is 44.3 Å². The summed E-state index contributed by atoms with van der Waals surface area (Å²) >= 11 is 6.22.